The predicted molar refractivity (Wildman–Crippen MR) is 119 cm³/mol. The van der Waals surface area contributed by atoms with Gasteiger partial charge in [0, 0.05) is 74.6 Å². The van der Waals surface area contributed by atoms with E-state index in [2.05, 4.69) is 28.1 Å². The lowest BCUT2D eigenvalue weighted by atomic mass is 9.84. The fraction of sp³-hybridized carbons (Fsp3) is 0.583. The van der Waals surface area contributed by atoms with Gasteiger partial charge in [-0.15, -0.1) is 0 Å². The number of aromatic nitrogens is 2. The lowest BCUT2D eigenvalue weighted by Gasteiger charge is -2.37. The molecule has 6 heterocycles. The summed E-state index contributed by atoms with van der Waals surface area (Å²) in [4.78, 5) is 25.4. The Balaban J connectivity index is 1.18. The Morgan fingerprint density at radius 1 is 0.742 bits per heavy atom. The molecule has 6 rings (SSSR count). The third-order valence-corrected chi connectivity index (χ3v) is 7.70. The second-order valence-electron chi connectivity index (χ2n) is 9.99. The van der Waals surface area contributed by atoms with Gasteiger partial charge >= 0.3 is 0 Å². The molecule has 164 valence electrons. The van der Waals surface area contributed by atoms with E-state index < -0.39 is 0 Å². The van der Waals surface area contributed by atoms with E-state index in [1.807, 2.05) is 9.13 Å². The average molecular weight is 422 g/mol. The van der Waals surface area contributed by atoms with E-state index in [0.717, 1.165) is 50.4 Å². The average Bonchev–Trinajstić information content (AvgIpc) is 2.76. The van der Waals surface area contributed by atoms with Crippen molar-refractivity contribution >= 4 is 0 Å². The molecule has 0 spiro atoms. The minimum atomic E-state index is 0.122. The third kappa shape index (κ3) is 3.58. The predicted octanol–water partition coefficient (Wildman–Crippen LogP) is 0.713. The second kappa shape index (κ2) is 7.73. The summed E-state index contributed by atoms with van der Waals surface area (Å²) in [6, 6.07) is 7.97. The molecule has 4 atom stereocenters. The molecule has 3 N–H and O–H groups in total. The quantitative estimate of drug-likeness (QED) is 0.678. The van der Waals surface area contributed by atoms with E-state index in [1.54, 1.807) is 12.1 Å². The maximum Gasteiger partial charge on any atom is 0.251 e. The fourth-order valence-electron chi connectivity index (χ4n) is 6.28. The van der Waals surface area contributed by atoms with Gasteiger partial charge in [-0.1, -0.05) is 0 Å². The summed E-state index contributed by atoms with van der Waals surface area (Å²) < 4.78 is 3.97. The van der Waals surface area contributed by atoms with Crippen molar-refractivity contribution in [3.63, 3.8) is 0 Å². The van der Waals surface area contributed by atoms with Crippen LogP contribution in [0.4, 0.5) is 0 Å². The van der Waals surface area contributed by atoms with Gasteiger partial charge < -0.3 is 25.1 Å². The van der Waals surface area contributed by atoms with Gasteiger partial charge in [0.1, 0.15) is 0 Å². The van der Waals surface area contributed by atoms with Gasteiger partial charge in [0.15, 0.2) is 0 Å². The maximum atomic E-state index is 12.7. The smallest absolute Gasteiger partial charge is 0.251 e. The van der Waals surface area contributed by atoms with Gasteiger partial charge in [0.2, 0.25) is 0 Å². The van der Waals surface area contributed by atoms with E-state index >= 15 is 0 Å². The normalized spacial score (nSPS) is 28.6. The molecule has 7 heteroatoms. The fourth-order valence-corrected chi connectivity index (χ4v) is 6.28. The Bertz CT molecular complexity index is 1030. The number of piperidine rings is 2. The van der Waals surface area contributed by atoms with Crippen LogP contribution in [0.25, 0.3) is 0 Å². The molecule has 4 bridgehead atoms. The molecule has 2 fully saturated rings. The number of hydrogen-bond acceptors (Lipinski definition) is 5. The Kier molecular flexibility index (Phi) is 4.85. The summed E-state index contributed by atoms with van der Waals surface area (Å²) in [5.41, 5.74) is 4.68. The highest BCUT2D eigenvalue weighted by Crippen LogP contribution is 2.33. The van der Waals surface area contributed by atoms with Crippen LogP contribution in [0.15, 0.2) is 33.9 Å². The van der Waals surface area contributed by atoms with Crippen LogP contribution < -0.4 is 27.1 Å². The lowest BCUT2D eigenvalue weighted by molar-refractivity contribution is 0.256. The first kappa shape index (κ1) is 19.5. The molecule has 2 saturated heterocycles. The number of hydrogen-bond donors (Lipinski definition) is 3. The molecule has 2 aromatic heterocycles. The van der Waals surface area contributed by atoms with Gasteiger partial charge in [-0.3, -0.25) is 9.59 Å². The summed E-state index contributed by atoms with van der Waals surface area (Å²) in [6.45, 7) is 6.90. The van der Waals surface area contributed by atoms with Crippen molar-refractivity contribution in [1.82, 2.24) is 25.1 Å². The van der Waals surface area contributed by atoms with Crippen molar-refractivity contribution in [2.24, 2.45) is 11.8 Å². The molecular formula is C24H31N5O2. The molecule has 0 aromatic carbocycles. The Hall–Kier alpha value is -2.22. The van der Waals surface area contributed by atoms with Crippen LogP contribution in [0, 0.1) is 11.8 Å². The Labute approximate surface area is 181 Å². The molecular weight excluding hydrogens is 390 g/mol. The van der Waals surface area contributed by atoms with Crippen LogP contribution in [0.3, 0.4) is 0 Å². The van der Waals surface area contributed by atoms with E-state index in [1.165, 1.54) is 24.2 Å². The maximum absolute atomic E-state index is 12.7. The Morgan fingerprint density at radius 2 is 1.23 bits per heavy atom. The van der Waals surface area contributed by atoms with Gasteiger partial charge in [-0.25, -0.2) is 0 Å². The number of rotatable bonds is 4. The zero-order chi connectivity index (χ0) is 20.9. The highest BCUT2D eigenvalue weighted by Gasteiger charge is 2.32. The van der Waals surface area contributed by atoms with Crippen molar-refractivity contribution in [1.29, 1.82) is 0 Å². The van der Waals surface area contributed by atoms with Gasteiger partial charge in [0.05, 0.1) is 0 Å². The molecule has 4 aliphatic rings. The SMILES string of the molecule is O=c1cc(CNCc2cc3n(c(=O)c2)CC2CNC[C@@H]3C2)cc2n1CC1CNC[C@@H]2C1. The minimum absolute atomic E-state index is 0.122. The molecule has 2 aromatic rings. The molecule has 31 heavy (non-hydrogen) atoms. The highest BCUT2D eigenvalue weighted by atomic mass is 16.1. The number of pyridine rings is 2. The van der Waals surface area contributed by atoms with Crippen LogP contribution >= 0.6 is 0 Å². The van der Waals surface area contributed by atoms with Gasteiger partial charge in [0.25, 0.3) is 11.1 Å². The van der Waals surface area contributed by atoms with Crippen molar-refractivity contribution in [2.45, 2.75) is 50.9 Å². The van der Waals surface area contributed by atoms with Gasteiger partial charge in [-0.05, 0) is 61.0 Å². The topological polar surface area (TPSA) is 80.1 Å². The van der Waals surface area contributed by atoms with E-state index in [4.69, 9.17) is 0 Å². The summed E-state index contributed by atoms with van der Waals surface area (Å²) in [7, 11) is 0. The van der Waals surface area contributed by atoms with Crippen LogP contribution in [0.1, 0.15) is 47.2 Å². The molecule has 4 aliphatic heterocycles. The van der Waals surface area contributed by atoms with Crippen molar-refractivity contribution in [3.8, 4) is 0 Å². The van der Waals surface area contributed by atoms with Crippen LogP contribution in [-0.4, -0.2) is 35.3 Å². The molecule has 2 unspecified atom stereocenters. The van der Waals surface area contributed by atoms with Crippen molar-refractivity contribution in [2.75, 3.05) is 26.2 Å². The third-order valence-electron chi connectivity index (χ3n) is 7.70. The molecule has 7 nitrogen and oxygen atoms in total. The minimum Gasteiger partial charge on any atom is -0.316 e. The van der Waals surface area contributed by atoms with E-state index in [9.17, 15) is 9.59 Å². The molecule has 0 radical (unpaired) electrons. The molecule has 0 amide bonds. The van der Waals surface area contributed by atoms with E-state index in [-0.39, 0.29) is 11.1 Å². The van der Waals surface area contributed by atoms with Crippen molar-refractivity contribution < 1.29 is 0 Å². The van der Waals surface area contributed by atoms with Crippen LogP contribution in [-0.2, 0) is 26.2 Å². The summed E-state index contributed by atoms with van der Waals surface area (Å²) in [6.07, 6.45) is 2.36. The zero-order valence-corrected chi connectivity index (χ0v) is 17.9. The monoisotopic (exact) mass is 421 g/mol. The summed E-state index contributed by atoms with van der Waals surface area (Å²) in [5, 5.41) is 10.5. The number of nitrogens with one attached hydrogen (secondary N) is 3. The van der Waals surface area contributed by atoms with Gasteiger partial charge in [-0.2, -0.15) is 0 Å². The highest BCUT2D eigenvalue weighted by molar-refractivity contribution is 5.26. The first-order chi connectivity index (χ1) is 15.1. The largest absolute Gasteiger partial charge is 0.316 e. The zero-order valence-electron chi connectivity index (χ0n) is 17.9. The van der Waals surface area contributed by atoms with Crippen LogP contribution in [0.2, 0.25) is 0 Å². The van der Waals surface area contributed by atoms with E-state index in [0.29, 0.717) is 36.8 Å². The molecule has 0 aliphatic carbocycles. The molecule has 0 saturated carbocycles. The number of nitrogens with zero attached hydrogens (tertiary/aromatic N) is 2. The first-order valence-corrected chi connectivity index (χ1v) is 11.7. The second-order valence-corrected chi connectivity index (χ2v) is 9.99. The van der Waals surface area contributed by atoms with Crippen molar-refractivity contribution in [3.05, 3.63) is 67.5 Å². The standard InChI is InChI=1S/C24H31N5O2/c30-23-5-15(3-21-19-1-17(9-26-11-19)13-28(21)23)7-25-8-16-4-22-20-2-18(10-27-12-20)14-29(22)24(31)6-16/h3-6,17-20,25-27H,1-2,7-14H2/t17?,18?,19-,20-/m0/s1. The first-order valence-electron chi connectivity index (χ1n) is 11.7. The Morgan fingerprint density at radius 3 is 1.71 bits per heavy atom. The number of fused-ring (bicyclic) bond motifs is 8. The lowest BCUT2D eigenvalue weighted by Crippen LogP contribution is -2.45. The summed E-state index contributed by atoms with van der Waals surface area (Å²) in [5.74, 6) is 2.03. The summed E-state index contributed by atoms with van der Waals surface area (Å²) >= 11 is 0. The van der Waals surface area contributed by atoms with Crippen LogP contribution in [0.5, 0.6) is 0 Å².